The number of rotatable bonds is 3. The third kappa shape index (κ3) is 2.31. The second-order valence-electron chi connectivity index (χ2n) is 4.65. The summed E-state index contributed by atoms with van der Waals surface area (Å²) in [4.78, 5) is 38.6. The predicted octanol–water partition coefficient (Wildman–Crippen LogP) is 1.64. The van der Waals surface area contributed by atoms with Crippen LogP contribution >= 0.6 is 11.3 Å². The van der Waals surface area contributed by atoms with E-state index in [1.807, 2.05) is 0 Å². The van der Waals surface area contributed by atoms with Gasteiger partial charge in [-0.3, -0.25) is 24.6 Å². The molecule has 0 radical (unpaired) electrons. The number of amides is 1. The molecule has 1 fully saturated rings. The Hall–Kier alpha value is -2.55. The lowest BCUT2D eigenvalue weighted by molar-refractivity contribution is -0.384. The van der Waals surface area contributed by atoms with Crippen molar-refractivity contribution in [1.29, 1.82) is 0 Å². The summed E-state index contributed by atoms with van der Waals surface area (Å²) in [5, 5.41) is 20.1. The number of benzene rings is 1. The van der Waals surface area contributed by atoms with Crippen LogP contribution in [0.15, 0.2) is 18.2 Å². The van der Waals surface area contributed by atoms with E-state index in [9.17, 15) is 19.7 Å². The molecule has 0 aliphatic carbocycles. The first-order valence-electron chi connectivity index (χ1n) is 6.04. The SMILES string of the molecule is O=C(O)[C@@H]1CC(=O)N(c2nc3ccc([N+](=O)[O-])cc3s2)C1. The molecule has 0 bridgehead atoms. The van der Waals surface area contributed by atoms with Gasteiger partial charge in [-0.25, -0.2) is 4.98 Å². The molecule has 2 aromatic rings. The van der Waals surface area contributed by atoms with Gasteiger partial charge in [-0.2, -0.15) is 0 Å². The van der Waals surface area contributed by atoms with E-state index in [-0.39, 0.29) is 24.6 Å². The van der Waals surface area contributed by atoms with Crippen LogP contribution in [0.3, 0.4) is 0 Å². The van der Waals surface area contributed by atoms with Crippen molar-refractivity contribution in [3.63, 3.8) is 0 Å². The zero-order valence-corrected chi connectivity index (χ0v) is 11.4. The minimum atomic E-state index is -1.01. The third-order valence-corrected chi connectivity index (χ3v) is 4.32. The van der Waals surface area contributed by atoms with Gasteiger partial charge < -0.3 is 5.11 Å². The number of anilines is 1. The van der Waals surface area contributed by atoms with Crippen molar-refractivity contribution in [2.75, 3.05) is 11.4 Å². The Morgan fingerprint density at radius 3 is 2.90 bits per heavy atom. The third-order valence-electron chi connectivity index (χ3n) is 3.28. The topological polar surface area (TPSA) is 114 Å². The predicted molar refractivity (Wildman–Crippen MR) is 74.4 cm³/mol. The zero-order chi connectivity index (χ0) is 15.1. The number of carboxylic acid groups (broad SMARTS) is 1. The summed E-state index contributed by atoms with van der Waals surface area (Å²) >= 11 is 1.14. The molecule has 8 nitrogen and oxygen atoms in total. The van der Waals surface area contributed by atoms with Crippen LogP contribution in [0.1, 0.15) is 6.42 Å². The molecule has 21 heavy (non-hydrogen) atoms. The fraction of sp³-hybridized carbons (Fsp3) is 0.250. The highest BCUT2D eigenvalue weighted by atomic mass is 32.1. The van der Waals surface area contributed by atoms with Crippen LogP contribution in [0.25, 0.3) is 10.2 Å². The maximum absolute atomic E-state index is 11.9. The van der Waals surface area contributed by atoms with Gasteiger partial charge in [-0.1, -0.05) is 11.3 Å². The Morgan fingerprint density at radius 2 is 2.29 bits per heavy atom. The first-order chi connectivity index (χ1) is 9.95. The molecule has 1 N–H and O–H groups in total. The lowest BCUT2D eigenvalue weighted by Gasteiger charge is -2.10. The Morgan fingerprint density at radius 1 is 1.52 bits per heavy atom. The molecule has 0 unspecified atom stereocenters. The Labute approximate surface area is 121 Å². The molecule has 0 spiro atoms. The molecule has 1 atom stereocenters. The van der Waals surface area contributed by atoms with Crippen LogP contribution in [0.4, 0.5) is 10.8 Å². The van der Waals surface area contributed by atoms with Crippen molar-refractivity contribution in [1.82, 2.24) is 4.98 Å². The second kappa shape index (κ2) is 4.77. The molecule has 1 saturated heterocycles. The van der Waals surface area contributed by atoms with Crippen molar-refractivity contribution in [2.24, 2.45) is 5.92 Å². The van der Waals surface area contributed by atoms with Gasteiger partial charge in [0.15, 0.2) is 5.13 Å². The smallest absolute Gasteiger partial charge is 0.308 e. The largest absolute Gasteiger partial charge is 0.481 e. The summed E-state index contributed by atoms with van der Waals surface area (Å²) in [6, 6.07) is 4.26. The molecule has 1 aromatic heterocycles. The number of carboxylic acids is 1. The van der Waals surface area contributed by atoms with E-state index < -0.39 is 16.8 Å². The van der Waals surface area contributed by atoms with Gasteiger partial charge in [0, 0.05) is 25.1 Å². The average molecular weight is 307 g/mol. The minimum absolute atomic E-state index is 0.0474. The highest BCUT2D eigenvalue weighted by Gasteiger charge is 2.36. The number of thiazole rings is 1. The van der Waals surface area contributed by atoms with Gasteiger partial charge in [0.05, 0.1) is 21.1 Å². The number of carbonyl (C=O) groups is 2. The number of carbonyl (C=O) groups excluding carboxylic acids is 1. The van der Waals surface area contributed by atoms with Gasteiger partial charge >= 0.3 is 5.97 Å². The standard InChI is InChI=1S/C12H9N3O5S/c16-10-3-6(11(17)18)5-14(10)12-13-8-2-1-7(15(19)20)4-9(8)21-12/h1-2,4,6H,3,5H2,(H,17,18)/t6-/m1/s1. The highest BCUT2D eigenvalue weighted by Crippen LogP contribution is 2.34. The van der Waals surface area contributed by atoms with Crippen LogP contribution < -0.4 is 4.90 Å². The zero-order valence-electron chi connectivity index (χ0n) is 10.6. The van der Waals surface area contributed by atoms with E-state index in [4.69, 9.17) is 5.11 Å². The van der Waals surface area contributed by atoms with Crippen molar-refractivity contribution < 1.29 is 19.6 Å². The van der Waals surface area contributed by atoms with Gasteiger partial charge in [0.2, 0.25) is 5.91 Å². The Bertz CT molecular complexity index is 771. The minimum Gasteiger partial charge on any atom is -0.481 e. The van der Waals surface area contributed by atoms with Crippen LogP contribution in [0, 0.1) is 16.0 Å². The molecule has 2 heterocycles. The highest BCUT2D eigenvalue weighted by molar-refractivity contribution is 7.22. The van der Waals surface area contributed by atoms with Crippen LogP contribution in [-0.2, 0) is 9.59 Å². The summed E-state index contributed by atoms with van der Waals surface area (Å²) in [6.07, 6.45) is -0.0502. The number of aromatic nitrogens is 1. The van der Waals surface area contributed by atoms with Gasteiger partial charge in [-0.05, 0) is 6.07 Å². The number of nitrogens with zero attached hydrogens (tertiary/aromatic N) is 3. The quantitative estimate of drug-likeness (QED) is 0.681. The maximum atomic E-state index is 11.9. The second-order valence-corrected chi connectivity index (χ2v) is 5.66. The van der Waals surface area contributed by atoms with Crippen molar-refractivity contribution in [3.05, 3.63) is 28.3 Å². The lowest BCUT2D eigenvalue weighted by atomic mass is 10.1. The Kier molecular flexibility index (Phi) is 3.05. The van der Waals surface area contributed by atoms with Crippen molar-refractivity contribution in [2.45, 2.75) is 6.42 Å². The number of hydrogen-bond donors (Lipinski definition) is 1. The van der Waals surface area contributed by atoms with Crippen LogP contribution in [0.2, 0.25) is 0 Å². The molecule has 1 aliphatic heterocycles. The lowest BCUT2D eigenvalue weighted by Crippen LogP contribution is -2.25. The van der Waals surface area contributed by atoms with Gasteiger partial charge in [0.25, 0.3) is 5.69 Å². The van der Waals surface area contributed by atoms with E-state index in [0.717, 1.165) is 11.3 Å². The van der Waals surface area contributed by atoms with E-state index >= 15 is 0 Å². The van der Waals surface area contributed by atoms with Crippen LogP contribution in [-0.4, -0.2) is 33.4 Å². The van der Waals surface area contributed by atoms with E-state index in [2.05, 4.69) is 4.98 Å². The van der Waals surface area contributed by atoms with Gasteiger partial charge in [-0.15, -0.1) is 0 Å². The summed E-state index contributed by atoms with van der Waals surface area (Å²) < 4.78 is 0.589. The summed E-state index contributed by atoms with van der Waals surface area (Å²) in [5.74, 6) is -2.04. The van der Waals surface area contributed by atoms with E-state index in [1.165, 1.54) is 23.1 Å². The first kappa shape index (κ1) is 13.4. The number of fused-ring (bicyclic) bond motifs is 1. The molecule has 3 rings (SSSR count). The number of aliphatic carboxylic acids is 1. The number of hydrogen-bond acceptors (Lipinski definition) is 6. The summed E-state index contributed by atoms with van der Waals surface area (Å²) in [5.41, 5.74) is 0.501. The summed E-state index contributed by atoms with van der Waals surface area (Å²) in [7, 11) is 0. The average Bonchev–Trinajstić information content (AvgIpc) is 3.00. The molecular weight excluding hydrogens is 298 g/mol. The van der Waals surface area contributed by atoms with E-state index in [0.29, 0.717) is 15.3 Å². The molecule has 1 aliphatic rings. The summed E-state index contributed by atoms with van der Waals surface area (Å²) in [6.45, 7) is 0.0794. The fourth-order valence-electron chi connectivity index (χ4n) is 2.19. The maximum Gasteiger partial charge on any atom is 0.308 e. The van der Waals surface area contributed by atoms with Crippen molar-refractivity contribution in [3.8, 4) is 0 Å². The fourth-order valence-corrected chi connectivity index (χ4v) is 3.21. The van der Waals surface area contributed by atoms with Crippen LogP contribution in [0.5, 0.6) is 0 Å². The van der Waals surface area contributed by atoms with Gasteiger partial charge in [0.1, 0.15) is 0 Å². The molecule has 9 heteroatoms. The molecule has 1 amide bonds. The molecule has 0 saturated carbocycles. The van der Waals surface area contributed by atoms with Crippen molar-refractivity contribution >= 4 is 44.2 Å². The first-order valence-corrected chi connectivity index (χ1v) is 6.85. The molecule has 108 valence electrons. The number of non-ortho nitro benzene ring substituents is 1. The normalized spacial score (nSPS) is 18.4. The Balaban J connectivity index is 1.96. The molecule has 1 aromatic carbocycles. The molecular formula is C12H9N3O5S. The monoisotopic (exact) mass is 307 g/mol. The van der Waals surface area contributed by atoms with E-state index in [1.54, 1.807) is 0 Å². The number of nitro groups is 1. The number of nitro benzene ring substituents is 1.